The Bertz CT molecular complexity index is 429. The van der Waals surface area contributed by atoms with Gasteiger partial charge in [0, 0.05) is 23.6 Å². The van der Waals surface area contributed by atoms with E-state index in [1.165, 1.54) is 12.3 Å². The molecule has 0 spiro atoms. The van der Waals surface area contributed by atoms with Crippen LogP contribution in [0.25, 0.3) is 0 Å². The molecule has 2 heterocycles. The van der Waals surface area contributed by atoms with Crippen LogP contribution in [0.15, 0.2) is 29.5 Å². The quantitative estimate of drug-likeness (QED) is 0.482. The summed E-state index contributed by atoms with van der Waals surface area (Å²) >= 11 is 3.19. The average Bonchev–Trinajstić information content (AvgIpc) is 2.79. The van der Waals surface area contributed by atoms with Gasteiger partial charge in [-0.1, -0.05) is 23.5 Å². The predicted octanol–water partition coefficient (Wildman–Crippen LogP) is 0.801. The van der Waals surface area contributed by atoms with Gasteiger partial charge in [-0.15, -0.1) is 0 Å². The second-order valence-electron chi connectivity index (χ2n) is 2.93. The molecule has 5 nitrogen and oxygen atoms in total. The van der Waals surface area contributed by atoms with Gasteiger partial charge in [-0.05, 0) is 6.07 Å². The Kier molecular flexibility index (Phi) is 3.68. The smallest absolute Gasteiger partial charge is 0.337 e. The Hall–Kier alpha value is -1.21. The molecule has 1 aliphatic heterocycles. The first-order valence-electron chi connectivity index (χ1n) is 4.59. The fourth-order valence-corrected chi connectivity index (χ4v) is 3.19. The van der Waals surface area contributed by atoms with E-state index in [4.69, 9.17) is 0 Å². The molecule has 1 amide bonds. The van der Waals surface area contributed by atoms with Crippen LogP contribution < -0.4 is 10.2 Å². The van der Waals surface area contributed by atoms with Crippen LogP contribution in [0, 0.1) is 5.21 Å². The van der Waals surface area contributed by atoms with Crippen molar-refractivity contribution in [1.82, 2.24) is 5.43 Å². The summed E-state index contributed by atoms with van der Waals surface area (Å²) in [6.07, 6.45) is 1.28. The highest BCUT2D eigenvalue weighted by molar-refractivity contribution is 8.41. The number of hydrogen-bond acceptors (Lipinski definition) is 5. The number of hydrazone groups is 1. The first-order valence-corrected chi connectivity index (χ1v) is 6.56. The van der Waals surface area contributed by atoms with Crippen LogP contribution in [-0.4, -0.2) is 21.8 Å². The zero-order chi connectivity index (χ0) is 11.4. The summed E-state index contributed by atoms with van der Waals surface area (Å²) in [4.78, 5) is 11.6. The normalized spacial score (nSPS) is 14.9. The zero-order valence-corrected chi connectivity index (χ0v) is 9.88. The lowest BCUT2D eigenvalue weighted by Gasteiger charge is -2.01. The standard InChI is InChI=1S/C9H9N3O2S2/c13-8(7-3-1-2-4-12(7)14)10-11-9-15-5-6-16-9/h1-4H,5-6H2,(H,10,13). The summed E-state index contributed by atoms with van der Waals surface area (Å²) in [5.74, 6) is 1.52. The van der Waals surface area contributed by atoms with Gasteiger partial charge in [-0.25, -0.2) is 5.43 Å². The number of nitrogens with one attached hydrogen (secondary N) is 1. The van der Waals surface area contributed by atoms with E-state index < -0.39 is 5.91 Å². The third-order valence-corrected chi connectivity index (χ3v) is 4.30. The molecule has 0 atom stereocenters. The Labute approximate surface area is 101 Å². The molecule has 0 bridgehead atoms. The Morgan fingerprint density at radius 2 is 2.19 bits per heavy atom. The summed E-state index contributed by atoms with van der Waals surface area (Å²) in [5.41, 5.74) is 2.41. The number of amides is 1. The highest BCUT2D eigenvalue weighted by Crippen LogP contribution is 2.25. The van der Waals surface area contributed by atoms with Crippen molar-refractivity contribution < 1.29 is 9.52 Å². The molecule has 1 N–H and O–H groups in total. The number of pyridine rings is 1. The minimum absolute atomic E-state index is 0.0415. The number of carbonyl (C=O) groups is 1. The second kappa shape index (κ2) is 5.22. The topological polar surface area (TPSA) is 68.4 Å². The summed E-state index contributed by atoms with van der Waals surface area (Å²) in [6.45, 7) is 0. The van der Waals surface area contributed by atoms with E-state index in [1.807, 2.05) is 0 Å². The summed E-state index contributed by atoms with van der Waals surface area (Å²) in [7, 11) is 0. The van der Waals surface area contributed by atoms with Crippen LogP contribution in [0.4, 0.5) is 0 Å². The maximum absolute atomic E-state index is 11.6. The maximum atomic E-state index is 11.6. The first-order chi connectivity index (χ1) is 7.77. The van der Waals surface area contributed by atoms with Crippen molar-refractivity contribution in [3.8, 4) is 0 Å². The fraction of sp³-hybridized carbons (Fsp3) is 0.222. The predicted molar refractivity (Wildman–Crippen MR) is 65.2 cm³/mol. The van der Waals surface area contributed by atoms with E-state index in [9.17, 15) is 10.0 Å². The van der Waals surface area contributed by atoms with Gasteiger partial charge in [-0.2, -0.15) is 9.83 Å². The monoisotopic (exact) mass is 255 g/mol. The fourth-order valence-electron chi connectivity index (χ4n) is 1.12. The van der Waals surface area contributed by atoms with Gasteiger partial charge in [0.15, 0.2) is 6.20 Å². The van der Waals surface area contributed by atoms with Gasteiger partial charge in [0.2, 0.25) is 0 Å². The van der Waals surface area contributed by atoms with Crippen molar-refractivity contribution in [3.63, 3.8) is 0 Å². The Balaban J connectivity index is 2.03. The van der Waals surface area contributed by atoms with E-state index in [1.54, 1.807) is 35.7 Å². The molecule has 1 aromatic heterocycles. The molecule has 0 saturated carbocycles. The number of rotatable bonds is 2. The van der Waals surface area contributed by atoms with Crippen LogP contribution in [0.5, 0.6) is 0 Å². The summed E-state index contributed by atoms with van der Waals surface area (Å²) in [6, 6.07) is 4.66. The largest absolute Gasteiger partial charge is 0.618 e. The number of thioether (sulfide) groups is 2. The van der Waals surface area contributed by atoms with Crippen molar-refractivity contribution in [1.29, 1.82) is 0 Å². The SMILES string of the molecule is O=C(NN=C1SCCS1)c1cccc[n+]1[O-]. The van der Waals surface area contributed by atoms with Crippen molar-refractivity contribution in [2.75, 3.05) is 11.5 Å². The van der Waals surface area contributed by atoms with Gasteiger partial charge in [0.05, 0.1) is 0 Å². The van der Waals surface area contributed by atoms with Crippen molar-refractivity contribution >= 4 is 33.8 Å². The lowest BCUT2D eigenvalue weighted by atomic mass is 10.3. The number of aromatic nitrogens is 1. The Morgan fingerprint density at radius 3 is 2.88 bits per heavy atom. The minimum Gasteiger partial charge on any atom is -0.618 e. The summed E-state index contributed by atoms with van der Waals surface area (Å²) in [5, 5.41) is 15.2. The van der Waals surface area contributed by atoms with E-state index in [0.717, 1.165) is 15.9 Å². The van der Waals surface area contributed by atoms with Crippen LogP contribution in [0.1, 0.15) is 10.5 Å². The zero-order valence-electron chi connectivity index (χ0n) is 8.25. The molecular weight excluding hydrogens is 246 g/mol. The van der Waals surface area contributed by atoms with Gasteiger partial charge < -0.3 is 5.21 Å². The third kappa shape index (κ3) is 2.67. The molecule has 1 aromatic rings. The third-order valence-electron chi connectivity index (χ3n) is 1.84. The van der Waals surface area contributed by atoms with Crippen LogP contribution in [0.3, 0.4) is 0 Å². The van der Waals surface area contributed by atoms with Gasteiger partial charge >= 0.3 is 5.91 Å². The van der Waals surface area contributed by atoms with E-state index >= 15 is 0 Å². The van der Waals surface area contributed by atoms with Crippen LogP contribution in [-0.2, 0) is 0 Å². The average molecular weight is 255 g/mol. The van der Waals surface area contributed by atoms with E-state index in [0.29, 0.717) is 4.73 Å². The van der Waals surface area contributed by atoms with Gasteiger partial charge in [0.25, 0.3) is 5.69 Å². The van der Waals surface area contributed by atoms with Crippen molar-refractivity contribution in [3.05, 3.63) is 35.3 Å². The van der Waals surface area contributed by atoms with Crippen LogP contribution >= 0.6 is 23.5 Å². The molecule has 84 valence electrons. The molecule has 1 aliphatic rings. The molecule has 0 aliphatic carbocycles. The van der Waals surface area contributed by atoms with E-state index in [2.05, 4.69) is 10.5 Å². The number of carbonyl (C=O) groups excluding carboxylic acids is 1. The number of nitrogens with zero attached hydrogens (tertiary/aromatic N) is 2. The molecule has 1 fully saturated rings. The van der Waals surface area contributed by atoms with Gasteiger partial charge in [-0.3, -0.25) is 4.79 Å². The molecule has 16 heavy (non-hydrogen) atoms. The van der Waals surface area contributed by atoms with Crippen molar-refractivity contribution in [2.24, 2.45) is 5.10 Å². The molecule has 0 aromatic carbocycles. The maximum Gasteiger partial charge on any atom is 0.337 e. The summed E-state index contributed by atoms with van der Waals surface area (Å²) < 4.78 is 1.35. The lowest BCUT2D eigenvalue weighted by molar-refractivity contribution is -0.607. The second-order valence-corrected chi connectivity index (χ2v) is 5.35. The molecule has 1 saturated heterocycles. The molecule has 2 rings (SSSR count). The molecule has 0 unspecified atom stereocenters. The van der Waals surface area contributed by atoms with E-state index in [-0.39, 0.29) is 5.69 Å². The number of hydrogen-bond donors (Lipinski definition) is 1. The lowest BCUT2D eigenvalue weighted by Crippen LogP contribution is -2.37. The minimum atomic E-state index is -0.490. The molecule has 0 radical (unpaired) electrons. The highest BCUT2D eigenvalue weighted by atomic mass is 32.2. The van der Waals surface area contributed by atoms with Crippen molar-refractivity contribution in [2.45, 2.75) is 0 Å². The highest BCUT2D eigenvalue weighted by Gasteiger charge is 2.15. The van der Waals surface area contributed by atoms with Crippen LogP contribution in [0.2, 0.25) is 0 Å². The Morgan fingerprint density at radius 1 is 1.44 bits per heavy atom. The molecular formula is C9H9N3O2S2. The molecule has 7 heteroatoms. The first kappa shape index (κ1) is 11.3. The van der Waals surface area contributed by atoms with Gasteiger partial charge in [0.1, 0.15) is 4.38 Å².